The van der Waals surface area contributed by atoms with E-state index in [2.05, 4.69) is 21.0 Å². The first-order valence-electron chi connectivity index (χ1n) is 5.40. The van der Waals surface area contributed by atoms with Crippen molar-refractivity contribution in [1.29, 1.82) is 0 Å². The summed E-state index contributed by atoms with van der Waals surface area (Å²) in [5.74, 6) is 0. The van der Waals surface area contributed by atoms with Crippen LogP contribution in [0, 0.1) is 11.6 Å². The molecule has 102 valence electrons. The summed E-state index contributed by atoms with van der Waals surface area (Å²) < 4.78 is 40.6. The summed E-state index contributed by atoms with van der Waals surface area (Å²) in [6.45, 7) is 1.63. The van der Waals surface area contributed by atoms with Crippen LogP contribution in [0.25, 0.3) is 0 Å². The Morgan fingerprint density at radius 3 is 2.47 bits per heavy atom. The number of alkyl halides is 3. The monoisotopic (exact) mass is 350 g/mol. The van der Waals surface area contributed by atoms with E-state index < -0.39 is 11.9 Å². The van der Waals surface area contributed by atoms with Gasteiger partial charge in [0.2, 0.25) is 0 Å². The van der Waals surface area contributed by atoms with E-state index in [0.717, 1.165) is 10.0 Å². The molecule has 0 unspecified atom stereocenters. The third kappa shape index (κ3) is 2.92. The zero-order chi connectivity index (χ0) is 14.2. The van der Waals surface area contributed by atoms with Gasteiger partial charge < -0.3 is 0 Å². The molecular weight excluding hydrogens is 341 g/mol. The summed E-state index contributed by atoms with van der Waals surface area (Å²) in [6.07, 6.45) is -4.42. The van der Waals surface area contributed by atoms with E-state index in [1.54, 1.807) is 0 Å². The smallest absolute Gasteiger partial charge is 0.292 e. The van der Waals surface area contributed by atoms with Crippen LogP contribution in [-0.2, 0) is 12.7 Å². The number of H-pyrrole nitrogens is 1. The van der Waals surface area contributed by atoms with Gasteiger partial charge in [0, 0.05) is 10.0 Å². The van der Waals surface area contributed by atoms with Crippen LogP contribution in [0.2, 0.25) is 0 Å². The van der Waals surface area contributed by atoms with Crippen LogP contribution in [0.3, 0.4) is 0 Å². The summed E-state index contributed by atoms with van der Waals surface area (Å²) >= 11 is 8.40. The molecule has 0 aliphatic rings. The molecule has 1 N–H and O–H groups in total. The molecule has 0 amide bonds. The van der Waals surface area contributed by atoms with Crippen LogP contribution in [0.1, 0.15) is 16.8 Å². The summed E-state index contributed by atoms with van der Waals surface area (Å²) in [7, 11) is 0. The molecule has 0 bridgehead atoms. The average molecular weight is 351 g/mol. The lowest BCUT2D eigenvalue weighted by atomic mass is 10.2. The van der Waals surface area contributed by atoms with Gasteiger partial charge in [-0.15, -0.1) is 0 Å². The molecule has 0 radical (unpaired) electrons. The van der Waals surface area contributed by atoms with Crippen molar-refractivity contribution in [1.82, 2.24) is 9.78 Å². The summed E-state index contributed by atoms with van der Waals surface area (Å²) in [5, 5.41) is 2.33. The number of hydrogen-bond donors (Lipinski definition) is 1. The maximum absolute atomic E-state index is 12.8. The van der Waals surface area contributed by atoms with Crippen molar-refractivity contribution in [3.05, 3.63) is 50.2 Å². The molecule has 2 rings (SSSR count). The highest BCUT2D eigenvalue weighted by Gasteiger charge is 2.35. The number of hydrogen-bond acceptors (Lipinski definition) is 1. The Kier molecular flexibility index (Phi) is 3.87. The van der Waals surface area contributed by atoms with Gasteiger partial charge in [0.15, 0.2) is 0 Å². The number of aromatic amines is 1. The summed E-state index contributed by atoms with van der Waals surface area (Å²) in [5.41, 5.74) is 0.118. The lowest BCUT2D eigenvalue weighted by Crippen LogP contribution is -2.09. The Hall–Kier alpha value is -1.08. The van der Waals surface area contributed by atoms with Crippen LogP contribution in [-0.4, -0.2) is 9.78 Å². The maximum atomic E-state index is 12.8. The van der Waals surface area contributed by atoms with Crippen molar-refractivity contribution in [3.8, 4) is 0 Å². The number of benzene rings is 1. The Balaban J connectivity index is 2.43. The molecule has 2 aromatic rings. The molecule has 1 heterocycles. The van der Waals surface area contributed by atoms with E-state index in [0.29, 0.717) is 0 Å². The molecule has 0 saturated carbocycles. The third-order valence-electron chi connectivity index (χ3n) is 2.76. The molecule has 0 aliphatic heterocycles. The van der Waals surface area contributed by atoms with Crippen LogP contribution in [0.5, 0.6) is 0 Å². The van der Waals surface area contributed by atoms with E-state index in [4.69, 9.17) is 12.2 Å². The van der Waals surface area contributed by atoms with Crippen LogP contribution in [0.4, 0.5) is 13.2 Å². The van der Waals surface area contributed by atoms with Gasteiger partial charge in [-0.1, -0.05) is 46.3 Å². The molecule has 1 aromatic carbocycles. The standard InChI is InChI=1S/C12H10BrF3N2S/c1-7-10(12(14,15)16)17-18(11(7)19)6-8-4-2-3-5-9(8)13/h2-5,17H,6H2,1H3. The second-order valence-electron chi connectivity index (χ2n) is 4.09. The Bertz CT molecular complexity index is 658. The number of nitrogens with zero attached hydrogens (tertiary/aromatic N) is 1. The van der Waals surface area contributed by atoms with Crippen molar-refractivity contribution in [2.75, 3.05) is 0 Å². The Labute approximate surface area is 121 Å². The van der Waals surface area contributed by atoms with Gasteiger partial charge >= 0.3 is 6.18 Å². The molecule has 0 atom stereocenters. The summed E-state index contributed by atoms with van der Waals surface area (Å²) in [6, 6.07) is 7.33. The molecule has 0 saturated heterocycles. The Morgan fingerprint density at radius 1 is 1.32 bits per heavy atom. The largest absolute Gasteiger partial charge is 0.433 e. The predicted octanol–water partition coefficient (Wildman–Crippen LogP) is 4.68. The first kappa shape index (κ1) is 14.3. The van der Waals surface area contributed by atoms with Gasteiger partial charge in [-0.05, 0) is 18.6 Å². The fourth-order valence-corrected chi connectivity index (χ4v) is 2.39. The van der Waals surface area contributed by atoms with Gasteiger partial charge in [-0.25, -0.2) is 0 Å². The topological polar surface area (TPSA) is 20.7 Å². The molecule has 0 fully saturated rings. The van der Waals surface area contributed by atoms with E-state index in [9.17, 15) is 13.2 Å². The molecule has 19 heavy (non-hydrogen) atoms. The predicted molar refractivity (Wildman–Crippen MR) is 72.6 cm³/mol. The second-order valence-corrected chi connectivity index (χ2v) is 5.33. The van der Waals surface area contributed by atoms with Crippen molar-refractivity contribution in [2.24, 2.45) is 0 Å². The number of halogens is 4. The molecule has 0 aliphatic carbocycles. The second kappa shape index (κ2) is 5.13. The normalized spacial score (nSPS) is 11.8. The number of nitrogens with one attached hydrogen (secondary N) is 1. The number of aromatic nitrogens is 2. The van der Waals surface area contributed by atoms with Gasteiger partial charge in [0.1, 0.15) is 10.3 Å². The van der Waals surface area contributed by atoms with Gasteiger partial charge in [-0.2, -0.15) is 13.2 Å². The highest BCUT2D eigenvalue weighted by molar-refractivity contribution is 9.10. The van der Waals surface area contributed by atoms with Crippen molar-refractivity contribution in [2.45, 2.75) is 19.6 Å². The maximum Gasteiger partial charge on any atom is 0.433 e. The minimum Gasteiger partial charge on any atom is -0.292 e. The minimum atomic E-state index is -4.42. The van der Waals surface area contributed by atoms with Crippen LogP contribution >= 0.6 is 28.1 Å². The quantitative estimate of drug-likeness (QED) is 0.779. The average Bonchev–Trinajstić information content (AvgIpc) is 2.60. The fraction of sp³-hybridized carbons (Fsp3) is 0.250. The van der Waals surface area contributed by atoms with E-state index in [-0.39, 0.29) is 16.7 Å². The molecule has 7 heteroatoms. The first-order chi connectivity index (χ1) is 8.80. The molecule has 0 spiro atoms. The van der Waals surface area contributed by atoms with Gasteiger partial charge in [0.25, 0.3) is 0 Å². The van der Waals surface area contributed by atoms with Gasteiger partial charge in [0.05, 0.1) is 6.54 Å². The zero-order valence-corrected chi connectivity index (χ0v) is 12.3. The minimum absolute atomic E-state index is 0.0505. The van der Waals surface area contributed by atoms with Crippen molar-refractivity contribution >= 4 is 28.1 Å². The lowest BCUT2D eigenvalue weighted by Gasteiger charge is -2.07. The van der Waals surface area contributed by atoms with Gasteiger partial charge in [-0.3, -0.25) is 9.78 Å². The zero-order valence-electron chi connectivity index (χ0n) is 9.88. The van der Waals surface area contributed by atoms with E-state index in [1.807, 2.05) is 24.3 Å². The number of rotatable bonds is 2. The summed E-state index contributed by atoms with van der Waals surface area (Å²) in [4.78, 5) is 0. The molecular formula is C12H10BrF3N2S. The van der Waals surface area contributed by atoms with Crippen molar-refractivity contribution in [3.63, 3.8) is 0 Å². The van der Waals surface area contributed by atoms with Crippen LogP contribution in [0.15, 0.2) is 28.7 Å². The highest BCUT2D eigenvalue weighted by Crippen LogP contribution is 2.31. The Morgan fingerprint density at radius 2 is 1.95 bits per heavy atom. The van der Waals surface area contributed by atoms with E-state index >= 15 is 0 Å². The van der Waals surface area contributed by atoms with Crippen LogP contribution < -0.4 is 0 Å². The lowest BCUT2D eigenvalue weighted by molar-refractivity contribution is -0.141. The SMILES string of the molecule is Cc1c(C(F)(F)F)[nH]n(Cc2ccccc2Br)c1=S. The molecule has 1 aromatic heterocycles. The van der Waals surface area contributed by atoms with E-state index in [1.165, 1.54) is 11.6 Å². The van der Waals surface area contributed by atoms with Crippen molar-refractivity contribution < 1.29 is 13.2 Å². The third-order valence-corrected chi connectivity index (χ3v) is 4.06. The first-order valence-corrected chi connectivity index (χ1v) is 6.61. The molecule has 2 nitrogen and oxygen atoms in total. The fourth-order valence-electron chi connectivity index (χ4n) is 1.76. The highest BCUT2D eigenvalue weighted by atomic mass is 79.9.